The van der Waals surface area contributed by atoms with Crippen molar-refractivity contribution in [2.45, 2.75) is 20.0 Å². The second kappa shape index (κ2) is 6.57. The molecule has 3 nitrogen and oxygen atoms in total. The van der Waals surface area contributed by atoms with Gasteiger partial charge in [0, 0.05) is 4.47 Å². The molecule has 2 aromatic carbocycles. The van der Waals surface area contributed by atoms with Gasteiger partial charge in [-0.05, 0) is 59.6 Å². The van der Waals surface area contributed by atoms with Crippen molar-refractivity contribution < 1.29 is 9.53 Å². The smallest absolute Gasteiger partial charge is 0.265 e. The van der Waals surface area contributed by atoms with E-state index >= 15 is 0 Å². The van der Waals surface area contributed by atoms with Gasteiger partial charge in [-0.1, -0.05) is 24.3 Å². The van der Waals surface area contributed by atoms with Crippen molar-refractivity contribution in [3.63, 3.8) is 0 Å². The molecule has 1 N–H and O–H groups in total. The van der Waals surface area contributed by atoms with E-state index in [0.29, 0.717) is 5.75 Å². The van der Waals surface area contributed by atoms with E-state index < -0.39 is 6.10 Å². The highest BCUT2D eigenvalue weighted by Crippen LogP contribution is 2.22. The number of ether oxygens (including phenoxy) is 1. The minimum atomic E-state index is -0.566. The van der Waals surface area contributed by atoms with Crippen LogP contribution in [0.3, 0.4) is 0 Å². The van der Waals surface area contributed by atoms with Crippen LogP contribution < -0.4 is 10.1 Å². The number of amides is 1. The highest BCUT2D eigenvalue weighted by molar-refractivity contribution is 9.10. The lowest BCUT2D eigenvalue weighted by atomic mass is 10.2. The van der Waals surface area contributed by atoms with E-state index in [1.54, 1.807) is 6.92 Å². The van der Waals surface area contributed by atoms with Crippen LogP contribution in [0.4, 0.5) is 5.69 Å². The Kier molecular flexibility index (Phi) is 4.79. The van der Waals surface area contributed by atoms with Crippen LogP contribution in [-0.2, 0) is 4.79 Å². The number of carbonyl (C=O) groups is 1. The Morgan fingerprint density at radius 3 is 2.65 bits per heavy atom. The van der Waals surface area contributed by atoms with Gasteiger partial charge in [0.05, 0.1) is 5.69 Å². The Hall–Kier alpha value is -1.81. The Labute approximate surface area is 127 Å². The summed E-state index contributed by atoms with van der Waals surface area (Å²) in [4.78, 5) is 12.1. The maximum atomic E-state index is 12.1. The first-order valence-corrected chi connectivity index (χ1v) is 7.14. The summed E-state index contributed by atoms with van der Waals surface area (Å²) in [5, 5.41) is 2.83. The third kappa shape index (κ3) is 3.84. The fourth-order valence-corrected chi connectivity index (χ4v) is 2.13. The van der Waals surface area contributed by atoms with Crippen molar-refractivity contribution in [2.24, 2.45) is 0 Å². The van der Waals surface area contributed by atoms with Crippen molar-refractivity contribution >= 4 is 27.5 Å². The molecule has 1 unspecified atom stereocenters. The van der Waals surface area contributed by atoms with Crippen LogP contribution in [0.2, 0.25) is 0 Å². The summed E-state index contributed by atoms with van der Waals surface area (Å²) in [5.41, 5.74) is 1.83. The molecule has 0 saturated carbocycles. The summed E-state index contributed by atoms with van der Waals surface area (Å²) >= 11 is 3.39. The molecule has 1 amide bonds. The van der Waals surface area contributed by atoms with E-state index in [9.17, 15) is 4.79 Å². The van der Waals surface area contributed by atoms with E-state index in [0.717, 1.165) is 15.7 Å². The van der Waals surface area contributed by atoms with Gasteiger partial charge >= 0.3 is 0 Å². The monoisotopic (exact) mass is 333 g/mol. The zero-order valence-electron chi connectivity index (χ0n) is 11.4. The molecule has 0 aliphatic rings. The maximum absolute atomic E-state index is 12.1. The van der Waals surface area contributed by atoms with Gasteiger partial charge in [0.1, 0.15) is 5.75 Å². The number of aryl methyl sites for hydroxylation is 1. The highest BCUT2D eigenvalue weighted by atomic mass is 79.9. The summed E-state index contributed by atoms with van der Waals surface area (Å²) in [6.07, 6.45) is -0.566. The summed E-state index contributed by atoms with van der Waals surface area (Å²) in [5.74, 6) is 0.512. The molecule has 2 aromatic rings. The quantitative estimate of drug-likeness (QED) is 0.912. The van der Waals surface area contributed by atoms with Gasteiger partial charge in [-0.2, -0.15) is 0 Å². The van der Waals surface area contributed by atoms with E-state index in [2.05, 4.69) is 21.2 Å². The molecule has 0 radical (unpaired) electrons. The second-order valence-corrected chi connectivity index (χ2v) is 5.40. The first-order valence-electron chi connectivity index (χ1n) is 6.35. The van der Waals surface area contributed by atoms with Crippen molar-refractivity contribution in [3.8, 4) is 5.75 Å². The molecular weight excluding hydrogens is 318 g/mol. The predicted octanol–water partition coefficient (Wildman–Crippen LogP) is 4.16. The summed E-state index contributed by atoms with van der Waals surface area (Å²) in [6, 6.07) is 15.1. The zero-order chi connectivity index (χ0) is 14.5. The average Bonchev–Trinajstić information content (AvgIpc) is 2.41. The number of hydrogen-bond donors (Lipinski definition) is 1. The molecule has 0 aromatic heterocycles. The lowest BCUT2D eigenvalue weighted by Crippen LogP contribution is -2.30. The molecule has 0 saturated heterocycles. The SMILES string of the molecule is Cc1cccc(OC(C)C(=O)Nc2ccccc2Br)c1. The molecular formula is C16H16BrNO2. The van der Waals surface area contributed by atoms with Gasteiger partial charge in [0.25, 0.3) is 5.91 Å². The third-order valence-corrected chi connectivity index (χ3v) is 3.49. The number of para-hydroxylation sites is 1. The van der Waals surface area contributed by atoms with Crippen LogP contribution in [0.25, 0.3) is 0 Å². The van der Waals surface area contributed by atoms with Gasteiger partial charge in [0.2, 0.25) is 0 Å². The minimum Gasteiger partial charge on any atom is -0.481 e. The Bertz CT molecular complexity index is 613. The normalized spacial score (nSPS) is 11.8. The Morgan fingerprint density at radius 2 is 1.95 bits per heavy atom. The van der Waals surface area contributed by atoms with E-state index in [1.165, 1.54) is 0 Å². The van der Waals surface area contributed by atoms with Crippen LogP contribution in [-0.4, -0.2) is 12.0 Å². The summed E-state index contributed by atoms with van der Waals surface area (Å²) in [6.45, 7) is 3.72. The standard InChI is InChI=1S/C16H16BrNO2/c1-11-6-5-7-13(10-11)20-12(2)16(19)18-15-9-4-3-8-14(15)17/h3-10,12H,1-2H3,(H,18,19). The fourth-order valence-electron chi connectivity index (χ4n) is 1.74. The van der Waals surface area contributed by atoms with Crippen LogP contribution in [0.1, 0.15) is 12.5 Å². The lowest BCUT2D eigenvalue weighted by Gasteiger charge is -2.15. The molecule has 0 aliphatic heterocycles. The molecule has 2 rings (SSSR count). The van der Waals surface area contributed by atoms with Crippen LogP contribution in [0, 0.1) is 6.92 Å². The molecule has 0 spiro atoms. The van der Waals surface area contributed by atoms with Gasteiger partial charge in [-0.25, -0.2) is 0 Å². The topological polar surface area (TPSA) is 38.3 Å². The fraction of sp³-hybridized carbons (Fsp3) is 0.188. The highest BCUT2D eigenvalue weighted by Gasteiger charge is 2.15. The largest absolute Gasteiger partial charge is 0.481 e. The number of rotatable bonds is 4. The van der Waals surface area contributed by atoms with Crippen LogP contribution >= 0.6 is 15.9 Å². The predicted molar refractivity (Wildman–Crippen MR) is 84.0 cm³/mol. The Balaban J connectivity index is 2.01. The molecule has 1 atom stereocenters. The number of nitrogens with one attached hydrogen (secondary N) is 1. The van der Waals surface area contributed by atoms with Gasteiger partial charge in [-0.15, -0.1) is 0 Å². The lowest BCUT2D eigenvalue weighted by molar-refractivity contribution is -0.122. The first-order chi connectivity index (χ1) is 9.56. The molecule has 20 heavy (non-hydrogen) atoms. The van der Waals surface area contributed by atoms with Gasteiger partial charge < -0.3 is 10.1 Å². The first kappa shape index (κ1) is 14.6. The van der Waals surface area contributed by atoms with Gasteiger partial charge in [0.15, 0.2) is 6.10 Å². The number of hydrogen-bond acceptors (Lipinski definition) is 2. The van der Waals surface area contributed by atoms with Crippen LogP contribution in [0.15, 0.2) is 53.0 Å². The van der Waals surface area contributed by atoms with Gasteiger partial charge in [-0.3, -0.25) is 4.79 Å². The van der Waals surface area contributed by atoms with Crippen molar-refractivity contribution in [2.75, 3.05) is 5.32 Å². The third-order valence-electron chi connectivity index (χ3n) is 2.80. The summed E-state index contributed by atoms with van der Waals surface area (Å²) < 4.78 is 6.49. The van der Waals surface area contributed by atoms with Crippen molar-refractivity contribution in [3.05, 3.63) is 58.6 Å². The zero-order valence-corrected chi connectivity index (χ0v) is 13.0. The molecule has 0 bridgehead atoms. The number of carbonyl (C=O) groups excluding carboxylic acids is 1. The second-order valence-electron chi connectivity index (χ2n) is 4.55. The number of halogens is 1. The molecule has 0 aliphatic carbocycles. The minimum absolute atomic E-state index is 0.182. The van der Waals surface area contributed by atoms with E-state index in [4.69, 9.17) is 4.74 Å². The number of anilines is 1. The van der Waals surface area contributed by atoms with E-state index in [-0.39, 0.29) is 5.91 Å². The average molecular weight is 334 g/mol. The van der Waals surface area contributed by atoms with Crippen molar-refractivity contribution in [1.29, 1.82) is 0 Å². The molecule has 104 valence electrons. The summed E-state index contributed by atoms with van der Waals surface area (Å²) in [7, 11) is 0. The Morgan fingerprint density at radius 1 is 1.20 bits per heavy atom. The maximum Gasteiger partial charge on any atom is 0.265 e. The van der Waals surface area contributed by atoms with Crippen molar-refractivity contribution in [1.82, 2.24) is 0 Å². The van der Waals surface area contributed by atoms with E-state index in [1.807, 2.05) is 55.5 Å². The molecule has 0 fully saturated rings. The number of benzene rings is 2. The molecule has 0 heterocycles. The molecule has 4 heteroatoms. The van der Waals surface area contributed by atoms with Crippen LogP contribution in [0.5, 0.6) is 5.75 Å².